The van der Waals surface area contributed by atoms with Gasteiger partial charge >= 0.3 is 6.18 Å². The summed E-state index contributed by atoms with van der Waals surface area (Å²) in [6.45, 7) is 0.854. The zero-order valence-electron chi connectivity index (χ0n) is 13.5. The number of halogens is 4. The Bertz CT molecular complexity index is 1030. The van der Waals surface area contributed by atoms with Gasteiger partial charge in [0.2, 0.25) is 0 Å². The van der Waals surface area contributed by atoms with Crippen LogP contribution in [-0.2, 0) is 6.18 Å². The number of carbonyl (C=O) groups excluding carboxylic acids is 1. The van der Waals surface area contributed by atoms with Crippen LogP contribution in [0.5, 0.6) is 0 Å². The smallest absolute Gasteiger partial charge is 0.420 e. The van der Waals surface area contributed by atoms with Crippen LogP contribution < -0.4 is 4.72 Å². The number of fused-ring (bicyclic) bond motifs is 1. The summed E-state index contributed by atoms with van der Waals surface area (Å²) in [7, 11) is 0. The highest BCUT2D eigenvalue weighted by molar-refractivity contribution is 9.10. The maximum Gasteiger partial charge on any atom is 0.420 e. The summed E-state index contributed by atoms with van der Waals surface area (Å²) in [4.78, 5) is 17.9. The van der Waals surface area contributed by atoms with Gasteiger partial charge in [0, 0.05) is 36.6 Å². The first-order chi connectivity index (χ1) is 12.8. The third-order valence-corrected chi connectivity index (χ3v) is 5.11. The number of nitrogens with zero attached hydrogens (tertiary/aromatic N) is 3. The number of hydrogen-bond donors (Lipinski definition) is 2. The molecular formula is C16H12BrF3N4O2S. The highest BCUT2D eigenvalue weighted by Gasteiger charge is 2.36. The van der Waals surface area contributed by atoms with Crippen LogP contribution in [0, 0.1) is 0 Å². The second kappa shape index (κ2) is 6.57. The minimum absolute atomic E-state index is 0.0383. The first kappa shape index (κ1) is 18.4. The van der Waals surface area contributed by atoms with Crippen LogP contribution in [0.15, 0.2) is 39.9 Å². The van der Waals surface area contributed by atoms with Gasteiger partial charge in [0.25, 0.3) is 5.91 Å². The average molecular weight is 461 g/mol. The monoisotopic (exact) mass is 460 g/mol. The number of carbonyl (C=O) groups is 1. The van der Waals surface area contributed by atoms with E-state index in [1.807, 2.05) is 0 Å². The number of pyridine rings is 1. The van der Waals surface area contributed by atoms with Crippen molar-refractivity contribution in [3.8, 4) is 11.1 Å². The molecule has 0 aromatic carbocycles. The summed E-state index contributed by atoms with van der Waals surface area (Å²) in [5.74, 6) is -0.417. The average Bonchev–Trinajstić information content (AvgIpc) is 3.17. The van der Waals surface area contributed by atoms with Crippen LogP contribution in [0.1, 0.15) is 16.1 Å². The number of likely N-dealkylation sites (tertiary alicyclic amines) is 1. The van der Waals surface area contributed by atoms with Crippen LogP contribution >= 0.6 is 28.7 Å². The lowest BCUT2D eigenvalue weighted by molar-refractivity contribution is -0.136. The van der Waals surface area contributed by atoms with Crippen molar-refractivity contribution in [2.24, 2.45) is 0 Å². The summed E-state index contributed by atoms with van der Waals surface area (Å²) >= 11 is 7.07. The van der Waals surface area contributed by atoms with Gasteiger partial charge in [0.15, 0.2) is 4.67 Å². The van der Waals surface area contributed by atoms with Crippen molar-refractivity contribution in [1.82, 2.24) is 19.0 Å². The van der Waals surface area contributed by atoms with Gasteiger partial charge in [0.1, 0.15) is 11.3 Å². The first-order valence-electron chi connectivity index (χ1n) is 7.79. The quantitative estimate of drug-likeness (QED) is 0.585. The number of rotatable bonds is 3. The lowest BCUT2D eigenvalue weighted by Gasteiger charge is -2.38. The van der Waals surface area contributed by atoms with Crippen LogP contribution in [-0.4, -0.2) is 39.3 Å². The van der Waals surface area contributed by atoms with Crippen LogP contribution in [0.2, 0.25) is 0 Å². The fourth-order valence-electron chi connectivity index (χ4n) is 2.92. The first-order valence-corrected chi connectivity index (χ1v) is 9.03. The fourth-order valence-corrected chi connectivity index (χ4v) is 3.42. The highest BCUT2D eigenvalue weighted by Crippen LogP contribution is 2.36. The molecule has 3 aromatic rings. The second-order valence-electron chi connectivity index (χ2n) is 6.17. The molecule has 27 heavy (non-hydrogen) atoms. The minimum atomic E-state index is -4.62. The number of thiol groups is 1. The Labute approximate surface area is 165 Å². The lowest BCUT2D eigenvalue weighted by Crippen LogP contribution is -2.57. The molecule has 4 heterocycles. The van der Waals surface area contributed by atoms with Gasteiger partial charge < -0.3 is 13.7 Å². The molecule has 6 nitrogen and oxygen atoms in total. The molecule has 0 unspecified atom stereocenters. The van der Waals surface area contributed by atoms with Crippen molar-refractivity contribution in [3.63, 3.8) is 0 Å². The summed E-state index contributed by atoms with van der Waals surface area (Å²) in [6.07, 6.45) is -0.479. The topological polar surface area (TPSA) is 62.8 Å². The van der Waals surface area contributed by atoms with Gasteiger partial charge in [0.05, 0.1) is 17.9 Å². The molecule has 1 saturated heterocycles. The number of alkyl halides is 3. The molecular weight excluding hydrogens is 449 g/mol. The zero-order valence-corrected chi connectivity index (χ0v) is 16.0. The van der Waals surface area contributed by atoms with E-state index < -0.39 is 17.6 Å². The van der Waals surface area contributed by atoms with Crippen molar-refractivity contribution in [2.75, 3.05) is 13.1 Å². The maximum atomic E-state index is 13.6. The highest BCUT2D eigenvalue weighted by atomic mass is 79.9. The molecule has 1 fully saturated rings. The van der Waals surface area contributed by atoms with Gasteiger partial charge in [-0.1, -0.05) is 12.8 Å². The third kappa shape index (κ3) is 3.34. The van der Waals surface area contributed by atoms with Crippen molar-refractivity contribution < 1.29 is 22.4 Å². The van der Waals surface area contributed by atoms with E-state index in [-0.39, 0.29) is 17.4 Å². The fraction of sp³-hybridized carbons (Fsp3) is 0.250. The molecule has 0 aliphatic carbocycles. The van der Waals surface area contributed by atoms with Crippen molar-refractivity contribution in [2.45, 2.75) is 12.2 Å². The molecule has 0 spiro atoms. The Morgan fingerprint density at radius 2 is 2.04 bits per heavy atom. The van der Waals surface area contributed by atoms with Gasteiger partial charge in [-0.05, 0) is 28.1 Å². The number of hydrogen-bond acceptors (Lipinski definition) is 5. The minimum Gasteiger partial charge on any atom is -0.457 e. The molecule has 142 valence electrons. The standard InChI is InChI=1S/C16H12BrF3N4O2S/c17-13-2-9(7-26-13)8-1-11(16(18,19)20)14-21-12(6-23(14)3-8)15(25)24-4-10(5-24)22-27/h1-3,6-7,10,22,27H,4-5H2. The third-order valence-electron chi connectivity index (χ3n) is 4.33. The molecule has 0 radical (unpaired) electrons. The Morgan fingerprint density at radius 1 is 1.30 bits per heavy atom. The van der Waals surface area contributed by atoms with Crippen LogP contribution in [0.4, 0.5) is 13.2 Å². The largest absolute Gasteiger partial charge is 0.457 e. The Kier molecular flexibility index (Phi) is 4.47. The van der Waals surface area contributed by atoms with E-state index in [2.05, 4.69) is 38.5 Å². The van der Waals surface area contributed by atoms with Crippen molar-refractivity contribution >= 4 is 40.3 Å². The maximum absolute atomic E-state index is 13.6. The SMILES string of the molecule is O=C(c1cn2cc(-c3coc(Br)c3)cc(C(F)(F)F)c2n1)N1CC(NS)C1. The lowest BCUT2D eigenvalue weighted by atomic mass is 10.1. The van der Waals surface area contributed by atoms with Crippen LogP contribution in [0.3, 0.4) is 0 Å². The second-order valence-corrected chi connectivity index (χ2v) is 7.21. The molecule has 4 rings (SSSR count). The summed E-state index contributed by atoms with van der Waals surface area (Å²) in [5.41, 5.74) is -0.509. The van der Waals surface area contributed by atoms with E-state index in [1.54, 1.807) is 6.07 Å². The predicted molar refractivity (Wildman–Crippen MR) is 97.4 cm³/mol. The number of imidazole rings is 1. The molecule has 1 amide bonds. The summed E-state index contributed by atoms with van der Waals surface area (Å²) < 4.78 is 50.2. The molecule has 1 aliphatic heterocycles. The van der Waals surface area contributed by atoms with E-state index in [0.29, 0.717) is 28.9 Å². The number of furan rings is 1. The van der Waals surface area contributed by atoms with Gasteiger partial charge in [-0.2, -0.15) is 13.2 Å². The number of nitrogens with one attached hydrogen (secondary N) is 1. The molecule has 1 N–H and O–H groups in total. The van der Waals surface area contributed by atoms with Gasteiger partial charge in [-0.15, -0.1) is 0 Å². The summed E-state index contributed by atoms with van der Waals surface area (Å²) in [5, 5.41) is 0. The van der Waals surface area contributed by atoms with E-state index in [9.17, 15) is 18.0 Å². The summed E-state index contributed by atoms with van der Waals surface area (Å²) in [6, 6.07) is 2.62. The zero-order chi connectivity index (χ0) is 19.3. The Hall–Kier alpha value is -1.98. The normalized spacial score (nSPS) is 15.4. The Balaban J connectivity index is 1.78. The van der Waals surface area contributed by atoms with E-state index in [1.165, 1.54) is 28.0 Å². The molecule has 3 aromatic heterocycles. The van der Waals surface area contributed by atoms with Gasteiger partial charge in [-0.25, -0.2) is 4.98 Å². The van der Waals surface area contributed by atoms with Crippen molar-refractivity contribution in [3.05, 3.63) is 46.7 Å². The van der Waals surface area contributed by atoms with E-state index in [0.717, 1.165) is 6.07 Å². The molecule has 0 bridgehead atoms. The molecule has 0 atom stereocenters. The molecule has 0 saturated carbocycles. The number of aromatic nitrogens is 2. The van der Waals surface area contributed by atoms with E-state index >= 15 is 0 Å². The van der Waals surface area contributed by atoms with E-state index in [4.69, 9.17) is 4.42 Å². The molecule has 1 aliphatic rings. The van der Waals surface area contributed by atoms with Crippen LogP contribution in [0.25, 0.3) is 16.8 Å². The molecule has 11 heteroatoms. The van der Waals surface area contributed by atoms with Gasteiger partial charge in [-0.3, -0.25) is 9.52 Å². The predicted octanol–water partition coefficient (Wildman–Crippen LogP) is 3.63. The Morgan fingerprint density at radius 3 is 2.63 bits per heavy atom. The number of amides is 1. The van der Waals surface area contributed by atoms with Crippen molar-refractivity contribution in [1.29, 1.82) is 0 Å².